The van der Waals surface area contributed by atoms with Crippen LogP contribution in [0, 0.1) is 0 Å². The van der Waals surface area contributed by atoms with Crippen LogP contribution >= 0.6 is 11.6 Å². The molecule has 0 spiro atoms. The molecule has 1 amide bonds. The lowest BCUT2D eigenvalue weighted by Gasteiger charge is -2.09. The first-order chi connectivity index (χ1) is 9.08. The fourth-order valence-corrected chi connectivity index (χ4v) is 1.92. The number of halogens is 1. The molecule has 0 aliphatic heterocycles. The second-order valence-corrected chi connectivity index (χ2v) is 4.50. The highest BCUT2D eigenvalue weighted by molar-refractivity contribution is 6.31. The summed E-state index contributed by atoms with van der Waals surface area (Å²) < 4.78 is 0. The minimum Gasteiger partial charge on any atom is -0.326 e. The molecule has 0 unspecified atom stereocenters. The Hall–Kier alpha value is -2.13. The number of anilines is 1. The maximum absolute atomic E-state index is 12.4. The molecule has 0 saturated heterocycles. The van der Waals surface area contributed by atoms with Crippen molar-refractivity contribution in [2.75, 3.05) is 5.32 Å². The SMILES string of the molecule is CC(=O)Nc1ccc(Cl)cc1C(=O)c1ccccc1. The van der Waals surface area contributed by atoms with E-state index >= 15 is 0 Å². The van der Waals surface area contributed by atoms with Crippen LogP contribution in [0.1, 0.15) is 22.8 Å². The van der Waals surface area contributed by atoms with Crippen LogP contribution in [-0.2, 0) is 4.79 Å². The highest BCUT2D eigenvalue weighted by Gasteiger charge is 2.14. The van der Waals surface area contributed by atoms with E-state index in [9.17, 15) is 9.59 Å². The molecule has 1 N–H and O–H groups in total. The summed E-state index contributed by atoms with van der Waals surface area (Å²) in [6.07, 6.45) is 0. The lowest BCUT2D eigenvalue weighted by atomic mass is 10.0. The van der Waals surface area contributed by atoms with Gasteiger partial charge in [0.1, 0.15) is 0 Å². The van der Waals surface area contributed by atoms with E-state index in [1.54, 1.807) is 42.5 Å². The lowest BCUT2D eigenvalue weighted by Crippen LogP contribution is -2.11. The topological polar surface area (TPSA) is 46.2 Å². The average Bonchev–Trinajstić information content (AvgIpc) is 2.40. The zero-order valence-electron chi connectivity index (χ0n) is 10.3. The Morgan fingerprint density at radius 2 is 1.74 bits per heavy atom. The summed E-state index contributed by atoms with van der Waals surface area (Å²) in [4.78, 5) is 23.5. The van der Waals surface area contributed by atoms with E-state index in [-0.39, 0.29) is 11.7 Å². The fourth-order valence-electron chi connectivity index (χ4n) is 1.75. The standard InChI is InChI=1S/C15H12ClNO2/c1-10(18)17-14-8-7-12(16)9-13(14)15(19)11-5-3-2-4-6-11/h2-9H,1H3,(H,17,18). The van der Waals surface area contributed by atoms with Crippen molar-refractivity contribution in [1.82, 2.24) is 0 Å². The molecule has 0 saturated carbocycles. The molecule has 0 bridgehead atoms. The monoisotopic (exact) mass is 273 g/mol. The number of benzene rings is 2. The van der Waals surface area contributed by atoms with Crippen molar-refractivity contribution in [1.29, 1.82) is 0 Å². The zero-order chi connectivity index (χ0) is 13.8. The summed E-state index contributed by atoms with van der Waals surface area (Å²) >= 11 is 5.92. The van der Waals surface area contributed by atoms with Gasteiger partial charge in [-0.15, -0.1) is 0 Å². The largest absolute Gasteiger partial charge is 0.326 e. The molecule has 3 nitrogen and oxygen atoms in total. The van der Waals surface area contributed by atoms with Gasteiger partial charge in [-0.05, 0) is 18.2 Å². The molecule has 2 aromatic rings. The third kappa shape index (κ3) is 3.20. The van der Waals surface area contributed by atoms with Crippen molar-refractivity contribution in [3.8, 4) is 0 Å². The highest BCUT2D eigenvalue weighted by Crippen LogP contribution is 2.23. The predicted octanol–water partition coefficient (Wildman–Crippen LogP) is 3.53. The van der Waals surface area contributed by atoms with Crippen molar-refractivity contribution in [3.05, 3.63) is 64.7 Å². The molecular weight excluding hydrogens is 262 g/mol. The maximum atomic E-state index is 12.4. The van der Waals surface area contributed by atoms with Gasteiger partial charge in [-0.1, -0.05) is 41.9 Å². The van der Waals surface area contributed by atoms with E-state index < -0.39 is 0 Å². The maximum Gasteiger partial charge on any atom is 0.221 e. The first kappa shape index (κ1) is 13.3. The van der Waals surface area contributed by atoms with Gasteiger partial charge < -0.3 is 5.32 Å². The van der Waals surface area contributed by atoms with E-state index in [1.165, 1.54) is 6.92 Å². The van der Waals surface area contributed by atoms with Crippen LogP contribution in [0.15, 0.2) is 48.5 Å². The van der Waals surface area contributed by atoms with Gasteiger partial charge >= 0.3 is 0 Å². The summed E-state index contributed by atoms with van der Waals surface area (Å²) in [7, 11) is 0. The minimum absolute atomic E-state index is 0.174. The third-order valence-electron chi connectivity index (χ3n) is 2.57. The second-order valence-electron chi connectivity index (χ2n) is 4.07. The number of amides is 1. The Kier molecular flexibility index (Phi) is 3.97. The first-order valence-electron chi connectivity index (χ1n) is 5.75. The summed E-state index contributed by atoms with van der Waals surface area (Å²) in [5.74, 6) is -0.406. The van der Waals surface area contributed by atoms with Crippen LogP contribution in [0.4, 0.5) is 5.69 Å². The first-order valence-corrected chi connectivity index (χ1v) is 6.12. The van der Waals surface area contributed by atoms with Crippen LogP contribution in [0.25, 0.3) is 0 Å². The van der Waals surface area contributed by atoms with Gasteiger partial charge in [0.05, 0.1) is 5.69 Å². The average molecular weight is 274 g/mol. The normalized spacial score (nSPS) is 10.0. The Morgan fingerprint density at radius 3 is 2.37 bits per heavy atom. The van der Waals surface area contributed by atoms with Crippen LogP contribution in [0.2, 0.25) is 5.02 Å². The van der Waals surface area contributed by atoms with Crippen LogP contribution < -0.4 is 5.32 Å². The summed E-state index contributed by atoms with van der Waals surface area (Å²) in [5.41, 5.74) is 1.40. The van der Waals surface area contributed by atoms with E-state index in [1.807, 2.05) is 6.07 Å². The Balaban J connectivity index is 2.45. The quantitative estimate of drug-likeness (QED) is 0.870. The minimum atomic E-state index is -0.232. The van der Waals surface area contributed by atoms with Crippen LogP contribution in [0.5, 0.6) is 0 Å². The second kappa shape index (κ2) is 5.67. The lowest BCUT2D eigenvalue weighted by molar-refractivity contribution is -0.114. The highest BCUT2D eigenvalue weighted by atomic mass is 35.5. The number of hydrogen-bond donors (Lipinski definition) is 1. The molecule has 4 heteroatoms. The van der Waals surface area contributed by atoms with Gasteiger partial charge in [0.2, 0.25) is 5.91 Å². The number of carbonyl (C=O) groups excluding carboxylic acids is 2. The number of hydrogen-bond acceptors (Lipinski definition) is 2. The van der Waals surface area contributed by atoms with E-state index in [0.717, 1.165) is 0 Å². The van der Waals surface area contributed by atoms with E-state index in [4.69, 9.17) is 11.6 Å². The smallest absolute Gasteiger partial charge is 0.221 e. The van der Waals surface area contributed by atoms with Gasteiger partial charge in [-0.2, -0.15) is 0 Å². The molecule has 0 atom stereocenters. The molecule has 0 heterocycles. The van der Waals surface area contributed by atoms with Gasteiger partial charge in [0.25, 0.3) is 0 Å². The summed E-state index contributed by atoms with van der Waals surface area (Å²) in [6.45, 7) is 1.39. The zero-order valence-corrected chi connectivity index (χ0v) is 11.1. The van der Waals surface area contributed by atoms with Crippen LogP contribution in [0.3, 0.4) is 0 Å². The summed E-state index contributed by atoms with van der Waals surface area (Å²) in [6, 6.07) is 13.7. The Labute approximate surface area is 116 Å². The number of carbonyl (C=O) groups is 2. The van der Waals surface area contributed by atoms with Crippen molar-refractivity contribution in [3.63, 3.8) is 0 Å². The van der Waals surface area contributed by atoms with Gasteiger partial charge in [0.15, 0.2) is 5.78 Å². The molecule has 2 rings (SSSR count). The number of nitrogens with one attached hydrogen (secondary N) is 1. The van der Waals surface area contributed by atoms with Crippen molar-refractivity contribution in [2.45, 2.75) is 6.92 Å². The molecule has 19 heavy (non-hydrogen) atoms. The van der Waals surface area contributed by atoms with Gasteiger partial charge in [-0.25, -0.2) is 0 Å². The molecule has 0 fully saturated rings. The number of rotatable bonds is 3. The van der Waals surface area contributed by atoms with E-state index in [0.29, 0.717) is 21.8 Å². The van der Waals surface area contributed by atoms with Crippen molar-refractivity contribution < 1.29 is 9.59 Å². The predicted molar refractivity (Wildman–Crippen MR) is 75.6 cm³/mol. The van der Waals surface area contributed by atoms with Gasteiger partial charge in [-0.3, -0.25) is 9.59 Å². The molecule has 0 aromatic heterocycles. The molecule has 2 aromatic carbocycles. The molecular formula is C15H12ClNO2. The van der Waals surface area contributed by atoms with Crippen molar-refractivity contribution >= 4 is 29.0 Å². The van der Waals surface area contributed by atoms with E-state index in [2.05, 4.69) is 5.32 Å². The van der Waals surface area contributed by atoms with Crippen LogP contribution in [-0.4, -0.2) is 11.7 Å². The summed E-state index contributed by atoms with van der Waals surface area (Å²) in [5, 5.41) is 3.09. The molecule has 96 valence electrons. The van der Waals surface area contributed by atoms with Crippen molar-refractivity contribution in [2.24, 2.45) is 0 Å². The Morgan fingerprint density at radius 1 is 1.05 bits per heavy atom. The molecule has 0 aliphatic rings. The molecule has 0 radical (unpaired) electrons. The third-order valence-corrected chi connectivity index (χ3v) is 2.81. The molecule has 0 aliphatic carbocycles. The fraction of sp³-hybridized carbons (Fsp3) is 0.0667. The van der Waals surface area contributed by atoms with Gasteiger partial charge in [0, 0.05) is 23.1 Å². The Bertz CT molecular complexity index is 623. The number of ketones is 1.